The van der Waals surface area contributed by atoms with E-state index in [-0.39, 0.29) is 4.90 Å². The Balaban J connectivity index is 1.85. The highest BCUT2D eigenvalue weighted by Crippen LogP contribution is 2.28. The van der Waals surface area contributed by atoms with Crippen molar-refractivity contribution in [2.75, 3.05) is 32.0 Å². The van der Waals surface area contributed by atoms with E-state index in [2.05, 4.69) is 36.1 Å². The third-order valence-electron chi connectivity index (χ3n) is 3.52. The Hall–Kier alpha value is -1.50. The van der Waals surface area contributed by atoms with Gasteiger partial charge in [-0.25, -0.2) is 8.42 Å². The Morgan fingerprint density at radius 1 is 1.23 bits per heavy atom. The lowest BCUT2D eigenvalue weighted by Gasteiger charge is -2.14. The summed E-state index contributed by atoms with van der Waals surface area (Å²) in [5, 5.41) is 0. The largest absolute Gasteiger partial charge is 0.491 e. The summed E-state index contributed by atoms with van der Waals surface area (Å²) in [5.74, 6) is 0.640. The first-order valence-corrected chi connectivity index (χ1v) is 11.0. The van der Waals surface area contributed by atoms with Gasteiger partial charge in [0.25, 0.3) is 10.0 Å². The van der Waals surface area contributed by atoms with E-state index in [4.69, 9.17) is 4.74 Å². The van der Waals surface area contributed by atoms with E-state index < -0.39 is 10.0 Å². The summed E-state index contributed by atoms with van der Waals surface area (Å²) in [7, 11) is 0.145. The van der Waals surface area contributed by atoms with E-state index >= 15 is 0 Å². The minimum absolute atomic E-state index is 0.109. The van der Waals surface area contributed by atoms with Crippen LogP contribution < -0.4 is 9.46 Å². The molecule has 0 aliphatic carbocycles. The number of aromatic nitrogens is 2. The van der Waals surface area contributed by atoms with E-state index in [1.807, 2.05) is 25.1 Å². The summed E-state index contributed by atoms with van der Waals surface area (Å²) >= 11 is 3.15. The minimum Gasteiger partial charge on any atom is -0.491 e. The van der Waals surface area contributed by atoms with Crippen LogP contribution in [-0.4, -0.2) is 49.3 Å². The van der Waals surface area contributed by atoms with Crippen LogP contribution in [0.15, 0.2) is 41.3 Å². The molecule has 138 valence electrons. The lowest BCUT2D eigenvalue weighted by Crippen LogP contribution is -2.19. The lowest BCUT2D eigenvalue weighted by molar-refractivity contribution is 0.260. The van der Waals surface area contributed by atoms with Gasteiger partial charge in [-0.1, -0.05) is 6.07 Å². The van der Waals surface area contributed by atoms with Crippen LogP contribution in [-0.2, 0) is 10.0 Å². The first-order chi connectivity index (χ1) is 12.4. The fraction of sp³-hybridized carbons (Fsp3) is 0.250. The molecule has 10 heteroatoms. The van der Waals surface area contributed by atoms with Crippen molar-refractivity contribution in [1.29, 1.82) is 0 Å². The molecule has 1 heterocycles. The van der Waals surface area contributed by atoms with Crippen LogP contribution in [0.5, 0.6) is 5.75 Å². The number of nitrogens with zero attached hydrogens (tertiary/aromatic N) is 3. The van der Waals surface area contributed by atoms with Crippen LogP contribution >= 0.6 is 34.3 Å². The maximum atomic E-state index is 12.8. The summed E-state index contributed by atoms with van der Waals surface area (Å²) in [6, 6.07) is 10.1. The minimum atomic E-state index is -3.79. The van der Waals surface area contributed by atoms with Gasteiger partial charge in [0.15, 0.2) is 0 Å². The zero-order valence-corrected chi connectivity index (χ0v) is 17.9. The summed E-state index contributed by atoms with van der Waals surface area (Å²) in [4.78, 5) is 2.12. The molecule has 0 saturated carbocycles. The van der Waals surface area contributed by atoms with Crippen LogP contribution in [0.25, 0.3) is 11.0 Å². The Labute approximate surface area is 169 Å². The number of nitrogens with one attached hydrogen (secondary N) is 1. The molecule has 0 atom stereocenters. The number of halogens is 1. The molecule has 26 heavy (non-hydrogen) atoms. The van der Waals surface area contributed by atoms with Gasteiger partial charge in [-0.3, -0.25) is 4.72 Å². The molecule has 2 aromatic carbocycles. The second-order valence-electron chi connectivity index (χ2n) is 5.79. The number of likely N-dealkylation sites (N-methyl/N-ethyl adjacent to an activating group) is 1. The SMILES string of the molecule is CN(C)CCOc1cc(NS(=O)(=O)c2cccc3nsnc23)ccc1I. The molecule has 0 fully saturated rings. The number of fused-ring (bicyclic) bond motifs is 1. The maximum absolute atomic E-state index is 12.8. The summed E-state index contributed by atoms with van der Waals surface area (Å²) in [6.45, 7) is 1.29. The van der Waals surface area contributed by atoms with E-state index in [0.717, 1.165) is 21.8 Å². The first kappa shape index (κ1) is 19.3. The van der Waals surface area contributed by atoms with E-state index in [9.17, 15) is 8.42 Å². The molecule has 1 aromatic heterocycles. The topological polar surface area (TPSA) is 84.4 Å². The quantitative estimate of drug-likeness (QED) is 0.498. The van der Waals surface area contributed by atoms with Gasteiger partial charge in [0.1, 0.15) is 28.3 Å². The smallest absolute Gasteiger partial charge is 0.264 e. The van der Waals surface area contributed by atoms with Crippen molar-refractivity contribution in [2.24, 2.45) is 0 Å². The zero-order chi connectivity index (χ0) is 18.7. The van der Waals surface area contributed by atoms with Gasteiger partial charge in [0.05, 0.1) is 21.0 Å². The van der Waals surface area contributed by atoms with Crippen molar-refractivity contribution in [2.45, 2.75) is 4.90 Å². The summed E-state index contributed by atoms with van der Waals surface area (Å²) in [5.41, 5.74) is 1.37. The lowest BCUT2D eigenvalue weighted by atomic mass is 10.3. The molecular formula is C16H17IN4O3S2. The van der Waals surface area contributed by atoms with Gasteiger partial charge in [-0.15, -0.1) is 0 Å². The number of sulfonamides is 1. The van der Waals surface area contributed by atoms with Crippen LogP contribution in [0.4, 0.5) is 5.69 Å². The maximum Gasteiger partial charge on any atom is 0.264 e. The van der Waals surface area contributed by atoms with Crippen molar-refractivity contribution in [1.82, 2.24) is 13.6 Å². The van der Waals surface area contributed by atoms with Gasteiger partial charge < -0.3 is 9.64 Å². The Kier molecular flexibility index (Phi) is 5.95. The second-order valence-corrected chi connectivity index (χ2v) is 9.13. The molecule has 0 bridgehead atoms. The normalized spacial score (nSPS) is 11.8. The average molecular weight is 504 g/mol. The first-order valence-electron chi connectivity index (χ1n) is 7.68. The van der Waals surface area contributed by atoms with Crippen molar-refractivity contribution in [3.05, 3.63) is 40.0 Å². The van der Waals surface area contributed by atoms with Crippen LogP contribution in [0, 0.1) is 3.57 Å². The Morgan fingerprint density at radius 3 is 2.81 bits per heavy atom. The van der Waals surface area contributed by atoms with Gasteiger partial charge >= 0.3 is 0 Å². The Morgan fingerprint density at radius 2 is 2.04 bits per heavy atom. The molecule has 1 N–H and O–H groups in total. The second kappa shape index (κ2) is 8.03. The van der Waals surface area contributed by atoms with Crippen molar-refractivity contribution in [3.8, 4) is 5.75 Å². The number of benzene rings is 2. The number of hydrogen-bond acceptors (Lipinski definition) is 7. The highest BCUT2D eigenvalue weighted by atomic mass is 127. The Bertz CT molecular complexity index is 1020. The van der Waals surface area contributed by atoms with Crippen molar-refractivity contribution < 1.29 is 13.2 Å². The molecule has 0 unspecified atom stereocenters. The predicted octanol–water partition coefficient (Wildman–Crippen LogP) is 3.04. The third-order valence-corrected chi connectivity index (χ3v) is 6.36. The molecule has 0 spiro atoms. The number of hydrogen-bond donors (Lipinski definition) is 1. The molecule has 0 aliphatic rings. The van der Waals surface area contributed by atoms with Gasteiger partial charge in [0.2, 0.25) is 0 Å². The molecule has 3 aromatic rings. The van der Waals surface area contributed by atoms with E-state index in [0.29, 0.717) is 29.1 Å². The molecule has 0 aliphatic heterocycles. The summed E-state index contributed by atoms with van der Waals surface area (Å²) in [6.07, 6.45) is 0. The standard InChI is InChI=1S/C16H17IN4O3S2/c1-21(2)8-9-24-14-10-11(6-7-12(14)17)20-26(22,23)15-5-3-4-13-16(15)19-25-18-13/h3-7,10,20H,8-9H2,1-2H3. The number of rotatable bonds is 7. The molecule has 0 radical (unpaired) electrons. The summed E-state index contributed by atoms with van der Waals surface area (Å²) < 4.78 is 43.0. The monoisotopic (exact) mass is 504 g/mol. The number of anilines is 1. The van der Waals surface area contributed by atoms with Gasteiger partial charge in [0, 0.05) is 12.6 Å². The third kappa shape index (κ3) is 4.42. The van der Waals surface area contributed by atoms with Crippen molar-refractivity contribution in [3.63, 3.8) is 0 Å². The fourth-order valence-electron chi connectivity index (χ4n) is 2.22. The van der Waals surface area contributed by atoms with Gasteiger partial charge in [-0.2, -0.15) is 8.75 Å². The molecule has 7 nitrogen and oxygen atoms in total. The van der Waals surface area contributed by atoms with Crippen LogP contribution in [0.3, 0.4) is 0 Å². The highest BCUT2D eigenvalue weighted by molar-refractivity contribution is 14.1. The van der Waals surface area contributed by atoms with E-state index in [1.165, 1.54) is 6.07 Å². The average Bonchev–Trinajstić information content (AvgIpc) is 3.05. The van der Waals surface area contributed by atoms with E-state index in [1.54, 1.807) is 24.3 Å². The predicted molar refractivity (Wildman–Crippen MR) is 111 cm³/mol. The molecule has 3 rings (SSSR count). The molecule has 0 amide bonds. The van der Waals surface area contributed by atoms with Crippen molar-refractivity contribution >= 4 is 61.1 Å². The molecular weight excluding hydrogens is 487 g/mol. The van der Waals surface area contributed by atoms with Crippen LogP contribution in [0.1, 0.15) is 0 Å². The van der Waals surface area contributed by atoms with Gasteiger partial charge in [-0.05, 0) is 61.0 Å². The highest BCUT2D eigenvalue weighted by Gasteiger charge is 2.20. The van der Waals surface area contributed by atoms with Crippen LogP contribution in [0.2, 0.25) is 0 Å². The molecule has 0 saturated heterocycles. The number of ether oxygens (including phenoxy) is 1. The zero-order valence-electron chi connectivity index (χ0n) is 14.1. The fourth-order valence-corrected chi connectivity index (χ4v) is 4.53.